The topological polar surface area (TPSA) is 71.8 Å². The summed E-state index contributed by atoms with van der Waals surface area (Å²) in [5.74, 6) is -0.964. The maximum atomic E-state index is 14.8. The predicted molar refractivity (Wildman–Crippen MR) is 99.7 cm³/mol. The Morgan fingerprint density at radius 2 is 2.12 bits per heavy atom. The Morgan fingerprint density at radius 3 is 2.69 bits per heavy atom. The number of aromatic nitrogens is 1. The summed E-state index contributed by atoms with van der Waals surface area (Å²) in [5.41, 5.74) is -0.0208. The van der Waals surface area contributed by atoms with Gasteiger partial charge in [-0.15, -0.1) is 0 Å². The molecular weight excluding hydrogens is 383 g/mol. The van der Waals surface area contributed by atoms with Crippen molar-refractivity contribution < 1.29 is 19.0 Å². The van der Waals surface area contributed by atoms with Crippen LogP contribution >= 0.6 is 24.2 Å². The molecule has 0 spiro atoms. The predicted octanol–water partition coefficient (Wildman–Crippen LogP) is 3.69. The van der Waals surface area contributed by atoms with Gasteiger partial charge < -0.3 is 19.3 Å². The summed E-state index contributed by atoms with van der Waals surface area (Å²) in [5, 5.41) is 9.16. The molecule has 2 aliphatic rings. The fraction of sp³-hybridized carbons (Fsp3) is 0.412. The number of nitrogens with zero attached hydrogens (tertiary/aromatic N) is 2. The fourth-order valence-electron chi connectivity index (χ4n) is 3.45. The summed E-state index contributed by atoms with van der Waals surface area (Å²) in [6.45, 7) is 1.20. The molecule has 2 aromatic rings. The van der Waals surface area contributed by atoms with Crippen LogP contribution < -0.4 is 15.1 Å². The van der Waals surface area contributed by atoms with Crippen LogP contribution in [0, 0.1) is 5.82 Å². The lowest BCUT2D eigenvalue weighted by atomic mass is 10.1. The molecule has 1 saturated carbocycles. The van der Waals surface area contributed by atoms with E-state index < -0.39 is 17.4 Å². The highest BCUT2D eigenvalue weighted by Crippen LogP contribution is 2.43. The van der Waals surface area contributed by atoms with Crippen LogP contribution in [-0.2, 0) is 0 Å². The molecule has 1 saturated heterocycles. The third-order valence-corrected chi connectivity index (χ3v) is 5.55. The van der Waals surface area contributed by atoms with Gasteiger partial charge in [0, 0.05) is 24.4 Å². The molecule has 6 nitrogen and oxygen atoms in total. The number of thiol groups is 1. The number of benzene rings is 1. The van der Waals surface area contributed by atoms with Crippen LogP contribution in [0.3, 0.4) is 0 Å². The first-order chi connectivity index (χ1) is 12.4. The number of carboxylic acid groups (broad SMARTS) is 1. The quantitative estimate of drug-likeness (QED) is 0.609. The lowest BCUT2D eigenvalue weighted by Gasteiger charge is -2.23. The molecule has 26 heavy (non-hydrogen) atoms. The summed E-state index contributed by atoms with van der Waals surface area (Å²) in [7, 11) is 0. The van der Waals surface area contributed by atoms with Crippen molar-refractivity contribution in [2.75, 3.05) is 18.0 Å². The number of anilines is 1. The van der Waals surface area contributed by atoms with Gasteiger partial charge in [0.2, 0.25) is 5.43 Å². The van der Waals surface area contributed by atoms with E-state index in [1.165, 1.54) is 6.20 Å². The van der Waals surface area contributed by atoms with Gasteiger partial charge in [0.15, 0.2) is 5.75 Å². The molecule has 0 unspecified atom stereocenters. The number of fused-ring (bicyclic) bond motifs is 1. The average Bonchev–Trinajstić information content (AvgIpc) is 3.32. The van der Waals surface area contributed by atoms with Gasteiger partial charge in [-0.1, -0.05) is 11.6 Å². The molecule has 1 aliphatic heterocycles. The third kappa shape index (κ3) is 2.91. The average molecular weight is 399 g/mol. The van der Waals surface area contributed by atoms with Gasteiger partial charge in [-0.3, -0.25) is 4.79 Å². The van der Waals surface area contributed by atoms with Crippen LogP contribution in [0.1, 0.15) is 25.3 Å². The first kappa shape index (κ1) is 17.5. The van der Waals surface area contributed by atoms with E-state index in [4.69, 9.17) is 16.7 Å². The van der Waals surface area contributed by atoms with E-state index in [0.29, 0.717) is 18.6 Å². The summed E-state index contributed by atoms with van der Waals surface area (Å²) >= 11 is 11.0. The van der Waals surface area contributed by atoms with Gasteiger partial charge >= 0.3 is 6.16 Å². The lowest BCUT2D eigenvalue weighted by molar-refractivity contribution is 0.143. The van der Waals surface area contributed by atoms with Crippen molar-refractivity contribution in [1.82, 2.24) is 4.57 Å². The van der Waals surface area contributed by atoms with Crippen LogP contribution in [0.5, 0.6) is 5.75 Å². The highest BCUT2D eigenvalue weighted by molar-refractivity contribution is 7.81. The molecule has 1 N–H and O–H groups in total. The Labute approximate surface area is 158 Å². The highest BCUT2D eigenvalue weighted by Gasteiger charge is 2.31. The van der Waals surface area contributed by atoms with E-state index >= 15 is 0 Å². The molecule has 1 aromatic carbocycles. The minimum absolute atomic E-state index is 0.0171. The van der Waals surface area contributed by atoms with E-state index in [9.17, 15) is 14.0 Å². The molecule has 4 rings (SSSR count). The number of pyridine rings is 1. The molecule has 138 valence electrons. The SMILES string of the molecule is O=C(O)Oc1cn(C2CC2)c2c(Cl)c(N3CC[C@H](S)C3)c(F)cc2c1=O. The second kappa shape index (κ2) is 6.35. The molecule has 0 bridgehead atoms. The summed E-state index contributed by atoms with van der Waals surface area (Å²) < 4.78 is 21.1. The molecule has 1 atom stereocenters. The Bertz CT molecular complexity index is 976. The fourth-order valence-corrected chi connectivity index (χ4v) is 4.17. The largest absolute Gasteiger partial charge is 0.511 e. The lowest BCUT2D eigenvalue weighted by Crippen LogP contribution is -2.23. The van der Waals surface area contributed by atoms with Crippen LogP contribution in [0.2, 0.25) is 5.02 Å². The standard InChI is InChI=1S/C17H16ClFN2O4S/c18-13-14-10(5-11(19)15(13)20-4-3-9(26)6-20)16(22)12(25-17(23)24)7-21(14)8-1-2-8/h5,7-9,26H,1-4,6H2,(H,23,24)/t9-/m0/s1. The van der Waals surface area contributed by atoms with Gasteiger partial charge in [-0.2, -0.15) is 12.6 Å². The molecule has 1 aliphatic carbocycles. The smallest absolute Gasteiger partial charge is 0.449 e. The molecule has 0 amide bonds. The number of rotatable bonds is 3. The van der Waals surface area contributed by atoms with E-state index in [1.54, 1.807) is 4.57 Å². The van der Waals surface area contributed by atoms with E-state index in [0.717, 1.165) is 25.3 Å². The number of hydrogen-bond donors (Lipinski definition) is 2. The molecule has 2 fully saturated rings. The number of halogens is 2. The van der Waals surface area contributed by atoms with E-state index in [-0.39, 0.29) is 33.1 Å². The van der Waals surface area contributed by atoms with Crippen molar-refractivity contribution in [3.8, 4) is 5.75 Å². The zero-order valence-electron chi connectivity index (χ0n) is 13.6. The maximum absolute atomic E-state index is 14.8. The zero-order chi connectivity index (χ0) is 18.6. The Kier molecular flexibility index (Phi) is 4.27. The van der Waals surface area contributed by atoms with Crippen molar-refractivity contribution in [3.05, 3.63) is 33.3 Å². The van der Waals surface area contributed by atoms with Crippen molar-refractivity contribution in [2.24, 2.45) is 0 Å². The molecule has 1 aromatic heterocycles. The van der Waals surface area contributed by atoms with Crippen molar-refractivity contribution in [1.29, 1.82) is 0 Å². The number of ether oxygens (including phenoxy) is 1. The van der Waals surface area contributed by atoms with Gasteiger partial charge in [0.25, 0.3) is 0 Å². The van der Waals surface area contributed by atoms with Gasteiger partial charge in [-0.05, 0) is 25.3 Å². The maximum Gasteiger partial charge on any atom is 0.511 e. The van der Waals surface area contributed by atoms with Crippen molar-refractivity contribution in [2.45, 2.75) is 30.6 Å². The van der Waals surface area contributed by atoms with Gasteiger partial charge in [-0.25, -0.2) is 9.18 Å². The highest BCUT2D eigenvalue weighted by atomic mass is 35.5. The first-order valence-corrected chi connectivity index (χ1v) is 9.17. The monoisotopic (exact) mass is 398 g/mol. The number of carbonyl (C=O) groups is 1. The molecular formula is C17H16ClFN2O4S. The number of hydrogen-bond acceptors (Lipinski definition) is 5. The van der Waals surface area contributed by atoms with Crippen LogP contribution in [-0.4, -0.2) is 34.2 Å². The third-order valence-electron chi connectivity index (χ3n) is 4.77. The minimum atomic E-state index is -1.59. The van der Waals surface area contributed by atoms with Gasteiger partial charge in [0.1, 0.15) is 5.82 Å². The van der Waals surface area contributed by atoms with Crippen molar-refractivity contribution >= 4 is 47.0 Å². The van der Waals surface area contributed by atoms with Crippen LogP contribution in [0.15, 0.2) is 17.1 Å². The van der Waals surface area contributed by atoms with E-state index in [2.05, 4.69) is 17.4 Å². The summed E-state index contributed by atoms with van der Waals surface area (Å²) in [4.78, 5) is 25.3. The Hall–Kier alpha value is -1.93. The zero-order valence-corrected chi connectivity index (χ0v) is 15.3. The van der Waals surface area contributed by atoms with Crippen molar-refractivity contribution in [3.63, 3.8) is 0 Å². The van der Waals surface area contributed by atoms with Gasteiger partial charge in [0.05, 0.1) is 27.8 Å². The van der Waals surface area contributed by atoms with Crippen LogP contribution in [0.4, 0.5) is 14.9 Å². The second-order valence-corrected chi connectivity index (χ2v) is 7.74. The second-order valence-electron chi connectivity index (χ2n) is 6.63. The van der Waals surface area contributed by atoms with E-state index in [1.807, 2.05) is 4.90 Å². The molecule has 2 heterocycles. The minimum Gasteiger partial charge on any atom is -0.449 e. The molecule has 9 heteroatoms. The molecule has 0 radical (unpaired) electrons. The normalized spacial score (nSPS) is 20.0. The van der Waals surface area contributed by atoms with Crippen LogP contribution in [0.25, 0.3) is 10.9 Å². The summed E-state index contributed by atoms with van der Waals surface area (Å²) in [6.07, 6.45) is 2.32. The first-order valence-electron chi connectivity index (χ1n) is 8.27. The Morgan fingerprint density at radius 1 is 1.38 bits per heavy atom. The summed E-state index contributed by atoms with van der Waals surface area (Å²) in [6, 6.07) is 1.21. The Balaban J connectivity index is 1.97.